The Morgan fingerprint density at radius 1 is 1.33 bits per heavy atom. The monoisotopic (exact) mass is 266 g/mol. The molecule has 1 saturated carbocycles. The van der Waals surface area contributed by atoms with Crippen molar-refractivity contribution in [1.82, 2.24) is 10.2 Å². The lowest BCUT2D eigenvalue weighted by atomic mass is 9.85. The number of likely N-dealkylation sites (N-methyl/N-ethyl adjacent to an activating group) is 2. The van der Waals surface area contributed by atoms with Gasteiger partial charge < -0.3 is 5.32 Å². The Morgan fingerprint density at radius 3 is 2.44 bits per heavy atom. The SMILES string of the molecule is CCN(CC)C1(C(NC)c2cccs2)CCCC1. The second-order valence-corrected chi connectivity index (χ2v) is 6.20. The number of nitrogens with one attached hydrogen (secondary N) is 1. The van der Waals surface area contributed by atoms with Gasteiger partial charge in [0.15, 0.2) is 0 Å². The van der Waals surface area contributed by atoms with Crippen LogP contribution in [0.15, 0.2) is 17.5 Å². The highest BCUT2D eigenvalue weighted by atomic mass is 32.1. The molecule has 1 aromatic rings. The molecule has 2 nitrogen and oxygen atoms in total. The molecule has 1 atom stereocenters. The summed E-state index contributed by atoms with van der Waals surface area (Å²) in [4.78, 5) is 4.17. The van der Waals surface area contributed by atoms with Gasteiger partial charge in [0.05, 0.1) is 6.04 Å². The molecule has 1 aliphatic carbocycles. The average Bonchev–Trinajstić information content (AvgIpc) is 3.04. The lowest BCUT2D eigenvalue weighted by Gasteiger charge is -2.46. The zero-order valence-electron chi connectivity index (χ0n) is 11.9. The fourth-order valence-corrected chi connectivity index (χ4v) is 4.70. The predicted octanol–water partition coefficient (Wildman–Crippen LogP) is 3.66. The smallest absolute Gasteiger partial charge is 0.0599 e. The summed E-state index contributed by atoms with van der Waals surface area (Å²) in [5, 5.41) is 5.80. The molecule has 1 aromatic heterocycles. The van der Waals surface area contributed by atoms with Gasteiger partial charge in [-0.25, -0.2) is 0 Å². The summed E-state index contributed by atoms with van der Waals surface area (Å²) in [6.07, 6.45) is 5.41. The summed E-state index contributed by atoms with van der Waals surface area (Å²) in [5.41, 5.74) is 0.336. The van der Waals surface area contributed by atoms with E-state index in [-0.39, 0.29) is 0 Å². The summed E-state index contributed by atoms with van der Waals surface area (Å²) in [7, 11) is 2.12. The Labute approximate surface area is 115 Å². The van der Waals surface area contributed by atoms with E-state index in [1.165, 1.54) is 30.6 Å². The van der Waals surface area contributed by atoms with Crippen molar-refractivity contribution in [2.75, 3.05) is 20.1 Å². The first-order chi connectivity index (χ1) is 8.78. The number of hydrogen-bond donors (Lipinski definition) is 1. The van der Waals surface area contributed by atoms with E-state index in [9.17, 15) is 0 Å². The molecule has 0 spiro atoms. The molecule has 0 radical (unpaired) electrons. The third-order valence-electron chi connectivity index (χ3n) is 4.52. The van der Waals surface area contributed by atoms with Crippen molar-refractivity contribution in [2.45, 2.75) is 51.1 Å². The number of hydrogen-bond acceptors (Lipinski definition) is 3. The Morgan fingerprint density at radius 2 is 2.00 bits per heavy atom. The Balaban J connectivity index is 2.33. The van der Waals surface area contributed by atoms with Crippen LogP contribution < -0.4 is 5.32 Å². The van der Waals surface area contributed by atoms with E-state index in [2.05, 4.69) is 48.6 Å². The highest BCUT2D eigenvalue weighted by Crippen LogP contribution is 2.45. The van der Waals surface area contributed by atoms with Crippen LogP contribution >= 0.6 is 11.3 Å². The summed E-state index contributed by atoms with van der Waals surface area (Å²) in [5.74, 6) is 0. The molecule has 102 valence electrons. The molecule has 0 saturated heterocycles. The van der Waals surface area contributed by atoms with Crippen LogP contribution in [0.4, 0.5) is 0 Å². The number of rotatable bonds is 6. The molecule has 0 aliphatic heterocycles. The molecule has 18 heavy (non-hydrogen) atoms. The van der Waals surface area contributed by atoms with Gasteiger partial charge in [-0.15, -0.1) is 11.3 Å². The van der Waals surface area contributed by atoms with Gasteiger partial charge in [-0.3, -0.25) is 4.90 Å². The quantitative estimate of drug-likeness (QED) is 0.845. The first kappa shape index (κ1) is 14.0. The maximum absolute atomic E-state index is 3.61. The standard InChI is InChI=1S/C15H26N2S/c1-4-17(5-2)15(10-6-7-11-15)14(16-3)13-9-8-12-18-13/h8-9,12,14,16H,4-7,10-11H2,1-3H3. The van der Waals surface area contributed by atoms with Crippen LogP contribution in [0.2, 0.25) is 0 Å². The molecule has 1 N–H and O–H groups in total. The molecular weight excluding hydrogens is 240 g/mol. The topological polar surface area (TPSA) is 15.3 Å². The summed E-state index contributed by atoms with van der Waals surface area (Å²) >= 11 is 1.89. The predicted molar refractivity (Wildman–Crippen MR) is 80.2 cm³/mol. The fourth-order valence-electron chi connectivity index (χ4n) is 3.76. The van der Waals surface area contributed by atoms with Gasteiger partial charge in [0.1, 0.15) is 0 Å². The summed E-state index contributed by atoms with van der Waals surface area (Å²) < 4.78 is 0. The third kappa shape index (κ3) is 2.36. The molecule has 0 amide bonds. The van der Waals surface area contributed by atoms with Gasteiger partial charge in [-0.1, -0.05) is 32.8 Å². The molecular formula is C15H26N2S. The van der Waals surface area contributed by atoms with E-state index >= 15 is 0 Å². The van der Waals surface area contributed by atoms with Crippen molar-refractivity contribution in [1.29, 1.82) is 0 Å². The van der Waals surface area contributed by atoms with Gasteiger partial charge in [0, 0.05) is 10.4 Å². The Kier molecular flexibility index (Phi) is 4.82. The summed E-state index contributed by atoms with van der Waals surface area (Å²) in [6, 6.07) is 4.95. The van der Waals surface area contributed by atoms with Gasteiger partial charge in [0.25, 0.3) is 0 Å². The van der Waals surface area contributed by atoms with E-state index in [4.69, 9.17) is 0 Å². The summed E-state index contributed by atoms with van der Waals surface area (Å²) in [6.45, 7) is 6.90. The molecule has 1 unspecified atom stereocenters. The van der Waals surface area contributed by atoms with Crippen LogP contribution in [0.1, 0.15) is 50.4 Å². The van der Waals surface area contributed by atoms with Gasteiger partial charge in [-0.05, 0) is 44.4 Å². The van der Waals surface area contributed by atoms with E-state index in [0.717, 1.165) is 13.1 Å². The van der Waals surface area contributed by atoms with E-state index in [1.54, 1.807) is 0 Å². The van der Waals surface area contributed by atoms with E-state index < -0.39 is 0 Å². The van der Waals surface area contributed by atoms with E-state index in [0.29, 0.717) is 11.6 Å². The highest BCUT2D eigenvalue weighted by molar-refractivity contribution is 7.10. The zero-order valence-corrected chi connectivity index (χ0v) is 12.7. The molecule has 1 heterocycles. The first-order valence-electron chi connectivity index (χ1n) is 7.24. The molecule has 0 aromatic carbocycles. The zero-order chi connectivity index (χ0) is 13.0. The highest BCUT2D eigenvalue weighted by Gasteiger charge is 2.45. The molecule has 0 bridgehead atoms. The van der Waals surface area contributed by atoms with Crippen molar-refractivity contribution >= 4 is 11.3 Å². The lowest BCUT2D eigenvalue weighted by Crippen LogP contribution is -2.54. The van der Waals surface area contributed by atoms with Gasteiger partial charge >= 0.3 is 0 Å². The first-order valence-corrected chi connectivity index (χ1v) is 8.12. The minimum atomic E-state index is 0.336. The largest absolute Gasteiger partial charge is 0.311 e. The van der Waals surface area contributed by atoms with Gasteiger partial charge in [0.2, 0.25) is 0 Å². The second-order valence-electron chi connectivity index (χ2n) is 5.22. The lowest BCUT2D eigenvalue weighted by molar-refractivity contribution is 0.0668. The minimum Gasteiger partial charge on any atom is -0.311 e. The normalized spacial score (nSPS) is 20.4. The maximum Gasteiger partial charge on any atom is 0.0599 e. The molecule has 1 fully saturated rings. The van der Waals surface area contributed by atoms with Crippen molar-refractivity contribution in [3.05, 3.63) is 22.4 Å². The van der Waals surface area contributed by atoms with Crippen molar-refractivity contribution < 1.29 is 0 Å². The minimum absolute atomic E-state index is 0.336. The Bertz CT molecular complexity index is 337. The van der Waals surface area contributed by atoms with Crippen LogP contribution in [-0.4, -0.2) is 30.6 Å². The van der Waals surface area contributed by atoms with Crippen LogP contribution in [0.5, 0.6) is 0 Å². The number of nitrogens with zero attached hydrogens (tertiary/aromatic N) is 1. The number of thiophene rings is 1. The second kappa shape index (κ2) is 6.18. The van der Waals surface area contributed by atoms with Crippen molar-refractivity contribution in [3.63, 3.8) is 0 Å². The van der Waals surface area contributed by atoms with Gasteiger partial charge in [-0.2, -0.15) is 0 Å². The Hall–Kier alpha value is -0.380. The fraction of sp³-hybridized carbons (Fsp3) is 0.733. The van der Waals surface area contributed by atoms with Crippen LogP contribution in [0, 0.1) is 0 Å². The van der Waals surface area contributed by atoms with Crippen molar-refractivity contribution in [2.24, 2.45) is 0 Å². The molecule has 2 rings (SSSR count). The maximum atomic E-state index is 3.61. The van der Waals surface area contributed by atoms with Crippen molar-refractivity contribution in [3.8, 4) is 0 Å². The average molecular weight is 266 g/mol. The van der Waals surface area contributed by atoms with Crippen LogP contribution in [0.25, 0.3) is 0 Å². The third-order valence-corrected chi connectivity index (χ3v) is 5.45. The molecule has 1 aliphatic rings. The van der Waals surface area contributed by atoms with Crippen LogP contribution in [0.3, 0.4) is 0 Å². The van der Waals surface area contributed by atoms with Crippen LogP contribution in [-0.2, 0) is 0 Å². The molecule has 3 heteroatoms. The van der Waals surface area contributed by atoms with E-state index in [1.807, 2.05) is 11.3 Å².